The second-order valence-corrected chi connectivity index (χ2v) is 9.12. The highest BCUT2D eigenvalue weighted by Gasteiger charge is 2.64. The number of esters is 1. The SMILES string of the molecule is CCOC(=O)[C@@](NC(=O)c1ccco1)(Nc1ccc(S(=O)(=O)Nc2cc(OC)nc(OC)n2)cc1)C(F)(F)F. The van der Waals surface area contributed by atoms with Gasteiger partial charge in [0.25, 0.3) is 15.9 Å². The van der Waals surface area contributed by atoms with Gasteiger partial charge in [-0.15, -0.1) is 0 Å². The third-order valence-electron chi connectivity index (χ3n) is 4.86. The first-order valence-electron chi connectivity index (χ1n) is 10.8. The van der Waals surface area contributed by atoms with Crippen LogP contribution in [0.15, 0.2) is 58.0 Å². The average Bonchev–Trinajstić information content (AvgIpc) is 3.43. The number of amides is 1. The summed E-state index contributed by atoms with van der Waals surface area (Å²) >= 11 is 0. The molecule has 0 radical (unpaired) electrons. The summed E-state index contributed by atoms with van der Waals surface area (Å²) in [5.74, 6) is -3.93. The van der Waals surface area contributed by atoms with E-state index in [-0.39, 0.29) is 28.3 Å². The quantitative estimate of drug-likeness (QED) is 0.227. The van der Waals surface area contributed by atoms with Gasteiger partial charge in [0.2, 0.25) is 5.88 Å². The lowest BCUT2D eigenvalue weighted by atomic mass is 10.1. The number of ether oxygens (including phenoxy) is 3. The molecule has 2 heterocycles. The Morgan fingerprint density at radius 3 is 2.28 bits per heavy atom. The predicted molar refractivity (Wildman–Crippen MR) is 128 cm³/mol. The van der Waals surface area contributed by atoms with Crippen molar-refractivity contribution in [3.63, 3.8) is 0 Å². The highest BCUT2D eigenvalue weighted by molar-refractivity contribution is 7.92. The van der Waals surface area contributed by atoms with Crippen molar-refractivity contribution in [1.82, 2.24) is 15.3 Å². The van der Waals surface area contributed by atoms with Gasteiger partial charge in [-0.05, 0) is 43.3 Å². The molecule has 0 unspecified atom stereocenters. The monoisotopic (exact) mass is 573 g/mol. The highest BCUT2D eigenvalue weighted by Crippen LogP contribution is 2.34. The van der Waals surface area contributed by atoms with Crippen LogP contribution < -0.4 is 24.8 Å². The molecule has 3 N–H and O–H groups in total. The molecule has 39 heavy (non-hydrogen) atoms. The van der Waals surface area contributed by atoms with E-state index in [1.807, 2.05) is 5.32 Å². The number of aromatic nitrogens is 2. The maximum Gasteiger partial charge on any atom is 0.441 e. The van der Waals surface area contributed by atoms with Gasteiger partial charge in [0.05, 0.1) is 32.0 Å². The number of alkyl halides is 3. The van der Waals surface area contributed by atoms with Crippen LogP contribution in [-0.4, -0.2) is 62.9 Å². The van der Waals surface area contributed by atoms with Crippen molar-refractivity contribution in [2.75, 3.05) is 30.9 Å². The van der Waals surface area contributed by atoms with E-state index in [4.69, 9.17) is 13.9 Å². The summed E-state index contributed by atoms with van der Waals surface area (Å²) in [4.78, 5) is 32.3. The van der Waals surface area contributed by atoms with Gasteiger partial charge in [-0.2, -0.15) is 23.1 Å². The Morgan fingerprint density at radius 2 is 1.74 bits per heavy atom. The number of carbonyl (C=O) groups excluding carboxylic acids is 2. The third-order valence-corrected chi connectivity index (χ3v) is 6.23. The zero-order valence-corrected chi connectivity index (χ0v) is 21.3. The molecule has 0 aliphatic carbocycles. The van der Waals surface area contributed by atoms with E-state index >= 15 is 0 Å². The van der Waals surface area contributed by atoms with E-state index in [2.05, 4.69) is 19.4 Å². The number of nitrogens with one attached hydrogen (secondary N) is 3. The number of hydrogen-bond acceptors (Lipinski definition) is 11. The lowest BCUT2D eigenvalue weighted by Crippen LogP contribution is -2.69. The Bertz CT molecular complexity index is 1390. The number of carbonyl (C=O) groups is 2. The molecule has 2 aromatic heterocycles. The molecule has 17 heteroatoms. The normalized spacial score (nSPS) is 13.1. The standard InChI is InChI=1S/C22H22F3N5O8S/c1-4-37-19(32)21(22(23,24)25,29-18(31)15-6-5-11-38-15)28-13-7-9-14(10-8-13)39(33,34)30-16-12-17(35-2)27-20(26-16)36-3/h5-12,28H,4H2,1-3H3,(H,29,31)(H,26,27,30)/t21-/m0/s1. The summed E-state index contributed by atoms with van der Waals surface area (Å²) in [5, 5.41) is 3.52. The summed E-state index contributed by atoms with van der Waals surface area (Å²) in [7, 11) is -1.75. The van der Waals surface area contributed by atoms with Gasteiger partial charge >= 0.3 is 23.8 Å². The van der Waals surface area contributed by atoms with E-state index in [1.54, 1.807) is 5.32 Å². The number of rotatable bonds is 11. The minimum Gasteiger partial charge on any atom is -0.481 e. The van der Waals surface area contributed by atoms with E-state index < -0.39 is 46.1 Å². The van der Waals surface area contributed by atoms with Crippen molar-refractivity contribution in [3.05, 3.63) is 54.5 Å². The van der Waals surface area contributed by atoms with Gasteiger partial charge in [-0.25, -0.2) is 13.2 Å². The molecule has 13 nitrogen and oxygen atoms in total. The molecular formula is C22H22F3N5O8S. The third kappa shape index (κ3) is 6.49. The second-order valence-electron chi connectivity index (χ2n) is 7.44. The Morgan fingerprint density at radius 1 is 1.05 bits per heavy atom. The van der Waals surface area contributed by atoms with Crippen molar-refractivity contribution in [2.24, 2.45) is 0 Å². The average molecular weight is 574 g/mol. The van der Waals surface area contributed by atoms with E-state index in [9.17, 15) is 31.2 Å². The fourth-order valence-electron chi connectivity index (χ4n) is 3.05. The smallest absolute Gasteiger partial charge is 0.441 e. The Kier molecular flexibility index (Phi) is 8.53. The number of halogens is 3. The zero-order chi connectivity index (χ0) is 28.8. The molecule has 0 bridgehead atoms. The number of hydrogen-bond donors (Lipinski definition) is 3. The van der Waals surface area contributed by atoms with Crippen LogP contribution in [0.4, 0.5) is 24.7 Å². The number of sulfonamides is 1. The molecular weight excluding hydrogens is 551 g/mol. The van der Waals surface area contributed by atoms with Gasteiger partial charge in [0, 0.05) is 11.8 Å². The molecule has 0 saturated heterocycles. The molecule has 3 aromatic rings. The summed E-state index contributed by atoms with van der Waals surface area (Å²) in [6, 6.07) is 7.17. The number of benzene rings is 1. The number of nitrogens with zero attached hydrogens (tertiary/aromatic N) is 2. The van der Waals surface area contributed by atoms with Gasteiger partial charge in [0.15, 0.2) is 11.6 Å². The minimum atomic E-state index is -5.42. The molecule has 1 aromatic carbocycles. The lowest BCUT2D eigenvalue weighted by Gasteiger charge is -2.35. The molecule has 1 atom stereocenters. The number of anilines is 2. The molecule has 0 fully saturated rings. The fraction of sp³-hybridized carbons (Fsp3) is 0.273. The van der Waals surface area contributed by atoms with Crippen molar-refractivity contribution >= 4 is 33.4 Å². The van der Waals surface area contributed by atoms with Crippen molar-refractivity contribution in [3.8, 4) is 11.9 Å². The lowest BCUT2D eigenvalue weighted by molar-refractivity contribution is -0.204. The van der Waals surface area contributed by atoms with Crippen molar-refractivity contribution < 1.29 is 49.8 Å². The fourth-order valence-corrected chi connectivity index (χ4v) is 4.04. The van der Waals surface area contributed by atoms with Crippen molar-refractivity contribution in [2.45, 2.75) is 23.7 Å². The molecule has 1 amide bonds. The Labute approximate surface area is 219 Å². The molecule has 0 aliphatic rings. The van der Waals surface area contributed by atoms with Crippen LogP contribution in [0.5, 0.6) is 11.9 Å². The maximum absolute atomic E-state index is 14.3. The van der Waals surface area contributed by atoms with Gasteiger partial charge in [-0.3, -0.25) is 9.52 Å². The van der Waals surface area contributed by atoms with Gasteiger partial charge < -0.3 is 29.3 Å². The first-order chi connectivity index (χ1) is 18.3. The van der Waals surface area contributed by atoms with E-state index in [1.165, 1.54) is 33.3 Å². The summed E-state index contributed by atoms with van der Waals surface area (Å²) < 4.78 is 90.1. The van der Waals surface area contributed by atoms with Crippen LogP contribution in [0.1, 0.15) is 17.5 Å². The van der Waals surface area contributed by atoms with E-state index in [0.29, 0.717) is 0 Å². The van der Waals surface area contributed by atoms with Crippen LogP contribution in [0.2, 0.25) is 0 Å². The first kappa shape index (κ1) is 29.0. The number of furan rings is 1. The predicted octanol–water partition coefficient (Wildman–Crippen LogP) is 2.55. The molecule has 0 spiro atoms. The Hall–Kier alpha value is -4.54. The van der Waals surface area contributed by atoms with Crippen molar-refractivity contribution in [1.29, 1.82) is 0 Å². The molecule has 210 valence electrons. The topological polar surface area (TPSA) is 171 Å². The summed E-state index contributed by atoms with van der Waals surface area (Å²) in [6.07, 6.45) is -4.36. The van der Waals surface area contributed by atoms with Crippen LogP contribution >= 0.6 is 0 Å². The first-order valence-corrected chi connectivity index (χ1v) is 12.3. The van der Waals surface area contributed by atoms with Crippen LogP contribution in [0.3, 0.4) is 0 Å². The summed E-state index contributed by atoms with van der Waals surface area (Å²) in [5.41, 5.74) is -4.14. The second kappa shape index (κ2) is 11.5. The highest BCUT2D eigenvalue weighted by atomic mass is 32.2. The Balaban J connectivity index is 1.93. The minimum absolute atomic E-state index is 0.00171. The summed E-state index contributed by atoms with van der Waals surface area (Å²) in [6.45, 7) is 0.847. The van der Waals surface area contributed by atoms with Gasteiger partial charge in [-0.1, -0.05) is 0 Å². The maximum atomic E-state index is 14.3. The molecule has 0 saturated carbocycles. The van der Waals surface area contributed by atoms with Gasteiger partial charge in [0.1, 0.15) is 0 Å². The largest absolute Gasteiger partial charge is 0.481 e. The van der Waals surface area contributed by atoms with Crippen LogP contribution in [0.25, 0.3) is 0 Å². The zero-order valence-electron chi connectivity index (χ0n) is 20.5. The van der Waals surface area contributed by atoms with Crippen LogP contribution in [0, 0.1) is 0 Å². The molecule has 3 rings (SSSR count). The molecule has 0 aliphatic heterocycles. The van der Waals surface area contributed by atoms with E-state index in [0.717, 1.165) is 36.6 Å². The van der Waals surface area contributed by atoms with Crippen LogP contribution in [-0.2, 0) is 19.6 Å². The number of methoxy groups -OCH3 is 2.